The molecular weight excluding hydrogens is 176 g/mol. The molecule has 0 amide bonds. The number of rotatable bonds is 3. The van der Waals surface area contributed by atoms with Crippen LogP contribution in [0.4, 0.5) is 0 Å². The standard InChI is InChI=1S/C12H16O2/c1-8-6-12(14-4)9(2)5-11(8)7-10(3)13/h5-6H,7H2,1-4H3. The minimum Gasteiger partial charge on any atom is -0.496 e. The average Bonchev–Trinajstić information content (AvgIpc) is 2.10. The molecule has 0 N–H and O–H groups in total. The number of hydrogen-bond donors (Lipinski definition) is 0. The van der Waals surface area contributed by atoms with Gasteiger partial charge < -0.3 is 4.74 Å². The number of carbonyl (C=O) groups is 1. The number of ketones is 1. The van der Waals surface area contributed by atoms with Crippen LogP contribution in [0.3, 0.4) is 0 Å². The maximum Gasteiger partial charge on any atom is 0.134 e. The molecule has 1 rings (SSSR count). The van der Waals surface area contributed by atoms with Gasteiger partial charge in [0.2, 0.25) is 0 Å². The van der Waals surface area contributed by atoms with Crippen molar-refractivity contribution in [1.82, 2.24) is 0 Å². The van der Waals surface area contributed by atoms with E-state index in [2.05, 4.69) is 0 Å². The largest absolute Gasteiger partial charge is 0.496 e. The maximum absolute atomic E-state index is 11.0. The van der Waals surface area contributed by atoms with E-state index < -0.39 is 0 Å². The highest BCUT2D eigenvalue weighted by Gasteiger charge is 2.06. The minimum absolute atomic E-state index is 0.192. The van der Waals surface area contributed by atoms with Crippen molar-refractivity contribution in [3.8, 4) is 5.75 Å². The lowest BCUT2D eigenvalue weighted by atomic mass is 10.0. The van der Waals surface area contributed by atoms with Gasteiger partial charge in [0.1, 0.15) is 11.5 Å². The normalized spacial score (nSPS) is 10.0. The van der Waals surface area contributed by atoms with Gasteiger partial charge in [0.15, 0.2) is 0 Å². The molecule has 0 atom stereocenters. The maximum atomic E-state index is 11.0. The van der Waals surface area contributed by atoms with Crippen LogP contribution in [-0.4, -0.2) is 12.9 Å². The Hall–Kier alpha value is -1.31. The fraction of sp³-hybridized carbons (Fsp3) is 0.417. The van der Waals surface area contributed by atoms with Gasteiger partial charge in [-0.25, -0.2) is 0 Å². The number of methoxy groups -OCH3 is 1. The summed E-state index contributed by atoms with van der Waals surface area (Å²) >= 11 is 0. The van der Waals surface area contributed by atoms with E-state index in [-0.39, 0.29) is 5.78 Å². The van der Waals surface area contributed by atoms with Crippen LogP contribution < -0.4 is 4.74 Å². The predicted molar refractivity (Wildman–Crippen MR) is 56.9 cm³/mol. The van der Waals surface area contributed by atoms with Crippen molar-refractivity contribution in [3.05, 3.63) is 28.8 Å². The number of carbonyl (C=O) groups excluding carboxylic acids is 1. The first-order valence-corrected chi connectivity index (χ1v) is 4.68. The molecule has 2 heteroatoms. The third-order valence-corrected chi connectivity index (χ3v) is 2.29. The lowest BCUT2D eigenvalue weighted by Crippen LogP contribution is -2.00. The van der Waals surface area contributed by atoms with Crippen molar-refractivity contribution in [3.63, 3.8) is 0 Å². The topological polar surface area (TPSA) is 26.3 Å². The highest BCUT2D eigenvalue weighted by Crippen LogP contribution is 2.22. The van der Waals surface area contributed by atoms with Gasteiger partial charge in [-0.15, -0.1) is 0 Å². The summed E-state index contributed by atoms with van der Waals surface area (Å²) in [7, 11) is 1.66. The molecule has 0 bridgehead atoms. The van der Waals surface area contributed by atoms with Gasteiger partial charge in [0.05, 0.1) is 7.11 Å². The number of aryl methyl sites for hydroxylation is 2. The molecule has 0 radical (unpaired) electrons. The van der Waals surface area contributed by atoms with Crippen molar-refractivity contribution in [2.45, 2.75) is 27.2 Å². The highest BCUT2D eigenvalue weighted by atomic mass is 16.5. The van der Waals surface area contributed by atoms with Crippen molar-refractivity contribution >= 4 is 5.78 Å². The molecule has 0 heterocycles. The van der Waals surface area contributed by atoms with Crippen LogP contribution in [0.1, 0.15) is 23.6 Å². The van der Waals surface area contributed by atoms with Crippen LogP contribution in [0.5, 0.6) is 5.75 Å². The summed E-state index contributed by atoms with van der Waals surface area (Å²) in [6.45, 7) is 5.60. The molecule has 0 aliphatic heterocycles. The molecule has 1 aromatic carbocycles. The molecule has 0 aliphatic rings. The summed E-state index contributed by atoms with van der Waals surface area (Å²) in [5.41, 5.74) is 3.28. The fourth-order valence-corrected chi connectivity index (χ4v) is 1.53. The predicted octanol–water partition coefficient (Wildman–Crippen LogP) is 2.44. The Morgan fingerprint density at radius 3 is 2.43 bits per heavy atom. The lowest BCUT2D eigenvalue weighted by Gasteiger charge is -2.09. The van der Waals surface area contributed by atoms with E-state index in [0.717, 1.165) is 22.4 Å². The van der Waals surface area contributed by atoms with E-state index in [0.29, 0.717) is 6.42 Å². The van der Waals surface area contributed by atoms with Crippen LogP contribution in [0, 0.1) is 13.8 Å². The van der Waals surface area contributed by atoms with Crippen molar-refractivity contribution in [2.24, 2.45) is 0 Å². The van der Waals surface area contributed by atoms with Gasteiger partial charge >= 0.3 is 0 Å². The Bertz CT molecular complexity index is 354. The van der Waals surface area contributed by atoms with E-state index in [1.54, 1.807) is 14.0 Å². The number of benzene rings is 1. The Morgan fingerprint density at radius 1 is 1.29 bits per heavy atom. The first-order chi connectivity index (χ1) is 6.54. The summed E-state index contributed by atoms with van der Waals surface area (Å²) in [5.74, 6) is 1.08. The SMILES string of the molecule is COc1cc(C)c(CC(C)=O)cc1C. The summed E-state index contributed by atoms with van der Waals surface area (Å²) in [6.07, 6.45) is 0.511. The summed E-state index contributed by atoms with van der Waals surface area (Å²) in [5, 5.41) is 0. The Labute approximate surface area is 84.9 Å². The van der Waals surface area contributed by atoms with Crippen molar-refractivity contribution in [2.75, 3.05) is 7.11 Å². The van der Waals surface area contributed by atoms with E-state index in [9.17, 15) is 4.79 Å². The Morgan fingerprint density at radius 2 is 1.93 bits per heavy atom. The van der Waals surface area contributed by atoms with E-state index in [4.69, 9.17) is 4.74 Å². The molecule has 0 saturated carbocycles. The van der Waals surface area contributed by atoms with E-state index in [1.807, 2.05) is 26.0 Å². The first-order valence-electron chi connectivity index (χ1n) is 4.68. The van der Waals surface area contributed by atoms with Gasteiger partial charge in [0.25, 0.3) is 0 Å². The molecule has 0 unspecified atom stereocenters. The van der Waals surface area contributed by atoms with Gasteiger partial charge in [0, 0.05) is 6.42 Å². The van der Waals surface area contributed by atoms with E-state index in [1.165, 1.54) is 0 Å². The number of Topliss-reactive ketones (excluding diaryl/α,β-unsaturated/α-hetero) is 1. The summed E-state index contributed by atoms with van der Waals surface area (Å²) in [6, 6.07) is 4.00. The molecule has 0 aromatic heterocycles. The second kappa shape index (κ2) is 4.27. The van der Waals surface area contributed by atoms with Crippen LogP contribution in [-0.2, 0) is 11.2 Å². The fourth-order valence-electron chi connectivity index (χ4n) is 1.53. The van der Waals surface area contributed by atoms with Crippen LogP contribution in [0.25, 0.3) is 0 Å². The molecule has 1 aromatic rings. The van der Waals surface area contributed by atoms with Gasteiger partial charge in [-0.05, 0) is 43.5 Å². The molecular formula is C12H16O2. The van der Waals surface area contributed by atoms with Gasteiger partial charge in [-0.3, -0.25) is 4.79 Å². The van der Waals surface area contributed by atoms with E-state index >= 15 is 0 Å². The highest BCUT2D eigenvalue weighted by molar-refractivity contribution is 5.78. The third-order valence-electron chi connectivity index (χ3n) is 2.29. The zero-order valence-corrected chi connectivity index (χ0v) is 9.18. The average molecular weight is 192 g/mol. The number of ether oxygens (including phenoxy) is 1. The van der Waals surface area contributed by atoms with Crippen molar-refractivity contribution < 1.29 is 9.53 Å². The van der Waals surface area contributed by atoms with Crippen molar-refractivity contribution in [1.29, 1.82) is 0 Å². The minimum atomic E-state index is 0.192. The van der Waals surface area contributed by atoms with Gasteiger partial charge in [-0.2, -0.15) is 0 Å². The summed E-state index contributed by atoms with van der Waals surface area (Å²) < 4.78 is 5.20. The van der Waals surface area contributed by atoms with Crippen LogP contribution in [0.2, 0.25) is 0 Å². The monoisotopic (exact) mass is 192 g/mol. The molecule has 76 valence electrons. The first kappa shape index (κ1) is 10.8. The Balaban J connectivity index is 3.08. The number of hydrogen-bond acceptors (Lipinski definition) is 2. The second-order valence-electron chi connectivity index (χ2n) is 3.63. The molecule has 0 fully saturated rings. The zero-order chi connectivity index (χ0) is 10.7. The lowest BCUT2D eigenvalue weighted by molar-refractivity contribution is -0.116. The molecule has 0 spiro atoms. The summed E-state index contributed by atoms with van der Waals surface area (Å²) in [4.78, 5) is 11.0. The zero-order valence-electron chi connectivity index (χ0n) is 9.18. The third kappa shape index (κ3) is 2.34. The smallest absolute Gasteiger partial charge is 0.134 e. The molecule has 14 heavy (non-hydrogen) atoms. The van der Waals surface area contributed by atoms with Gasteiger partial charge in [-0.1, -0.05) is 6.07 Å². The van der Waals surface area contributed by atoms with Crippen LogP contribution >= 0.6 is 0 Å². The van der Waals surface area contributed by atoms with Crippen LogP contribution in [0.15, 0.2) is 12.1 Å². The molecule has 0 saturated heterocycles. The molecule has 2 nitrogen and oxygen atoms in total. The Kier molecular flexibility index (Phi) is 3.28. The second-order valence-corrected chi connectivity index (χ2v) is 3.63. The molecule has 0 aliphatic carbocycles. The quantitative estimate of drug-likeness (QED) is 0.735.